The molecule has 1 aliphatic heterocycles. The lowest BCUT2D eigenvalue weighted by Gasteiger charge is -2.40. The Hall–Kier alpha value is -2.58. The molecule has 8 heteroatoms. The molecule has 2 atom stereocenters. The molecule has 1 fully saturated rings. The maximum atomic E-state index is 13.8. The van der Waals surface area contributed by atoms with Gasteiger partial charge in [0.1, 0.15) is 21.5 Å². The molecule has 7 nitrogen and oxygen atoms in total. The number of nitrogens with two attached hydrogens (primary N) is 1. The third kappa shape index (κ3) is 7.26. The molecule has 1 aromatic rings. The number of amides is 1. The summed E-state index contributed by atoms with van der Waals surface area (Å²) in [7, 11) is 0.514. The molecule has 37 heavy (non-hydrogen) atoms. The van der Waals surface area contributed by atoms with Crippen LogP contribution in [0.15, 0.2) is 54.3 Å². The van der Waals surface area contributed by atoms with E-state index in [0.29, 0.717) is 32.5 Å². The molecule has 0 aromatic heterocycles. The largest absolute Gasteiger partial charge is 0.493 e. The second kappa shape index (κ2) is 13.8. The number of ether oxygens (including phenoxy) is 1. The van der Waals surface area contributed by atoms with Crippen molar-refractivity contribution in [2.45, 2.75) is 57.6 Å². The molecule has 1 amide bonds. The molecule has 0 bridgehead atoms. The first-order valence-electron chi connectivity index (χ1n) is 13.5. The first-order valence-corrected chi connectivity index (χ1v) is 14.6. The fourth-order valence-corrected chi connectivity index (χ4v) is 6.46. The highest BCUT2D eigenvalue weighted by Crippen LogP contribution is 2.30. The minimum Gasteiger partial charge on any atom is -0.493 e. The van der Waals surface area contributed by atoms with Crippen molar-refractivity contribution < 1.29 is 13.7 Å². The fourth-order valence-electron chi connectivity index (χ4n) is 4.79. The second-order valence-corrected chi connectivity index (χ2v) is 11.7. The lowest BCUT2D eigenvalue weighted by atomic mass is 10.00. The number of allylic oxidation sites excluding steroid dienone is 5. The Bertz CT molecular complexity index is 1030. The molecule has 3 rings (SSSR count). The van der Waals surface area contributed by atoms with Crippen molar-refractivity contribution in [3.05, 3.63) is 59.8 Å². The molecule has 2 unspecified atom stereocenters. The Kier molecular flexibility index (Phi) is 10.8. The van der Waals surface area contributed by atoms with E-state index in [1.807, 2.05) is 42.6 Å². The highest BCUT2D eigenvalue weighted by Gasteiger charge is 2.44. The summed E-state index contributed by atoms with van der Waals surface area (Å²) in [6.07, 6.45) is 14.1. The van der Waals surface area contributed by atoms with E-state index in [1.165, 1.54) is 0 Å². The number of aryl methyl sites for hydroxylation is 1. The van der Waals surface area contributed by atoms with Crippen LogP contribution < -0.4 is 15.4 Å². The molecule has 0 spiro atoms. The van der Waals surface area contributed by atoms with E-state index in [2.05, 4.69) is 47.9 Å². The molecule has 1 aromatic carbocycles. The fraction of sp³-hybridized carbons (Fsp3) is 0.552. The molecule has 1 heterocycles. The van der Waals surface area contributed by atoms with Crippen LogP contribution in [0.1, 0.15) is 51.5 Å². The third-order valence-corrected chi connectivity index (χ3v) is 9.62. The van der Waals surface area contributed by atoms with Gasteiger partial charge in [0.05, 0.1) is 6.61 Å². The van der Waals surface area contributed by atoms with Crippen LogP contribution in [0.5, 0.6) is 5.75 Å². The van der Waals surface area contributed by atoms with E-state index < -0.39 is 21.6 Å². The molecular formula is C29H44N4O3S. The Balaban J connectivity index is 1.62. The standard InChI is InChI=1S/C29H44N4O3S/c1-5-7-22-36-27-15-14-26(23-24(27)3)32-18-20-33(21-19-32)37(35)29(6-2,28(30)34)16-17-31(4)25-12-10-8-9-11-13-25/h8-12,14-15,23H,5-7,13,16-22H2,1-4H3,(H2,30,34). The smallest absolute Gasteiger partial charge is 0.237 e. The zero-order chi connectivity index (χ0) is 26.8. The molecule has 0 saturated carbocycles. The van der Waals surface area contributed by atoms with Crippen LogP contribution in [0, 0.1) is 6.92 Å². The van der Waals surface area contributed by atoms with Crippen molar-refractivity contribution in [3.63, 3.8) is 0 Å². The number of carbonyl (C=O) groups excluding carboxylic acids is 1. The quantitative estimate of drug-likeness (QED) is 0.386. The van der Waals surface area contributed by atoms with E-state index >= 15 is 0 Å². The summed E-state index contributed by atoms with van der Waals surface area (Å²) in [5.74, 6) is 0.454. The van der Waals surface area contributed by atoms with E-state index in [1.54, 1.807) is 0 Å². The van der Waals surface area contributed by atoms with Crippen molar-refractivity contribution in [2.24, 2.45) is 5.73 Å². The van der Waals surface area contributed by atoms with Gasteiger partial charge in [0.2, 0.25) is 5.91 Å². The lowest BCUT2D eigenvalue weighted by Crippen LogP contribution is -2.57. The third-order valence-electron chi connectivity index (χ3n) is 7.42. The topological polar surface area (TPSA) is 79.1 Å². The number of primary amides is 1. The van der Waals surface area contributed by atoms with Crippen LogP contribution in [0.25, 0.3) is 0 Å². The molecule has 0 radical (unpaired) electrons. The minimum absolute atomic E-state index is 0.445. The predicted molar refractivity (Wildman–Crippen MR) is 154 cm³/mol. The Labute approximate surface area is 225 Å². The summed E-state index contributed by atoms with van der Waals surface area (Å²) in [6, 6.07) is 6.31. The summed E-state index contributed by atoms with van der Waals surface area (Å²) in [6.45, 7) is 10.2. The SMILES string of the molecule is CCCCOc1ccc(N2CCN(S(=O)C(CC)(CCN(C)C3=CC=CC=CC3)C(N)=O)CC2)cc1C. The Morgan fingerprint density at radius 3 is 2.57 bits per heavy atom. The van der Waals surface area contributed by atoms with Crippen molar-refractivity contribution in [1.82, 2.24) is 9.21 Å². The highest BCUT2D eigenvalue weighted by molar-refractivity contribution is 7.85. The van der Waals surface area contributed by atoms with Gasteiger partial charge in [0, 0.05) is 57.6 Å². The zero-order valence-corrected chi connectivity index (χ0v) is 23.8. The first-order chi connectivity index (χ1) is 17.8. The number of piperazine rings is 1. The molecule has 1 aliphatic carbocycles. The van der Waals surface area contributed by atoms with Gasteiger partial charge in [-0.25, -0.2) is 8.51 Å². The second-order valence-electron chi connectivity index (χ2n) is 9.88. The molecular weight excluding hydrogens is 484 g/mol. The van der Waals surface area contributed by atoms with Crippen molar-refractivity contribution >= 4 is 22.6 Å². The van der Waals surface area contributed by atoms with Crippen LogP contribution >= 0.6 is 0 Å². The van der Waals surface area contributed by atoms with Crippen LogP contribution in [0.4, 0.5) is 5.69 Å². The molecule has 1 saturated heterocycles. The van der Waals surface area contributed by atoms with Gasteiger partial charge in [0.15, 0.2) is 0 Å². The molecule has 2 aliphatic rings. The van der Waals surface area contributed by atoms with E-state index in [-0.39, 0.29) is 0 Å². The van der Waals surface area contributed by atoms with E-state index in [9.17, 15) is 9.00 Å². The van der Waals surface area contributed by atoms with Crippen molar-refractivity contribution in [3.8, 4) is 5.75 Å². The average molecular weight is 529 g/mol. The van der Waals surface area contributed by atoms with E-state index in [4.69, 9.17) is 10.5 Å². The maximum Gasteiger partial charge on any atom is 0.237 e. The average Bonchev–Trinajstić information content (AvgIpc) is 3.20. The van der Waals surface area contributed by atoms with Gasteiger partial charge in [-0.05, 0) is 56.0 Å². The number of carbonyl (C=O) groups is 1. The maximum absolute atomic E-state index is 13.8. The van der Waals surface area contributed by atoms with Crippen LogP contribution in [0.2, 0.25) is 0 Å². The summed E-state index contributed by atoms with van der Waals surface area (Å²) < 4.78 is 20.6. The summed E-state index contributed by atoms with van der Waals surface area (Å²) in [5.41, 5.74) is 9.36. The first kappa shape index (κ1) is 29.0. The minimum atomic E-state index is -1.50. The Morgan fingerprint density at radius 1 is 1.16 bits per heavy atom. The van der Waals surface area contributed by atoms with Crippen LogP contribution in [-0.2, 0) is 15.8 Å². The number of rotatable bonds is 13. The van der Waals surface area contributed by atoms with Gasteiger partial charge in [-0.15, -0.1) is 0 Å². The van der Waals surface area contributed by atoms with Crippen molar-refractivity contribution in [2.75, 3.05) is 51.3 Å². The van der Waals surface area contributed by atoms with Gasteiger partial charge in [-0.2, -0.15) is 0 Å². The number of nitrogens with zero attached hydrogens (tertiary/aromatic N) is 3. The number of anilines is 1. The number of benzene rings is 1. The summed E-state index contributed by atoms with van der Waals surface area (Å²) in [5, 5.41) is 0. The van der Waals surface area contributed by atoms with Gasteiger partial charge < -0.3 is 20.3 Å². The zero-order valence-electron chi connectivity index (χ0n) is 22.9. The number of hydrogen-bond acceptors (Lipinski definition) is 5. The van der Waals surface area contributed by atoms with Crippen molar-refractivity contribution in [1.29, 1.82) is 0 Å². The highest BCUT2D eigenvalue weighted by atomic mass is 32.2. The number of unbranched alkanes of at least 4 members (excludes halogenated alkanes) is 1. The predicted octanol–water partition coefficient (Wildman–Crippen LogP) is 4.32. The monoisotopic (exact) mass is 528 g/mol. The van der Waals surface area contributed by atoms with Crippen LogP contribution in [0.3, 0.4) is 0 Å². The van der Waals surface area contributed by atoms with Gasteiger partial charge in [0.25, 0.3) is 0 Å². The normalized spacial score (nSPS) is 18.6. The van der Waals surface area contributed by atoms with Gasteiger partial charge in [-0.1, -0.05) is 44.6 Å². The lowest BCUT2D eigenvalue weighted by molar-refractivity contribution is -0.120. The molecule has 204 valence electrons. The Morgan fingerprint density at radius 2 is 1.92 bits per heavy atom. The van der Waals surface area contributed by atoms with Gasteiger partial charge >= 0.3 is 0 Å². The summed E-state index contributed by atoms with van der Waals surface area (Å²) >= 11 is 0. The summed E-state index contributed by atoms with van der Waals surface area (Å²) in [4.78, 5) is 17.2. The van der Waals surface area contributed by atoms with E-state index in [0.717, 1.165) is 61.7 Å². The van der Waals surface area contributed by atoms with Gasteiger partial charge in [-0.3, -0.25) is 4.79 Å². The molecule has 2 N–H and O–H groups in total. The van der Waals surface area contributed by atoms with Crippen LogP contribution in [-0.4, -0.2) is 70.4 Å². The number of hydrogen-bond donors (Lipinski definition) is 1.